The number of halogens is 1. The van der Waals surface area contributed by atoms with E-state index in [1.807, 2.05) is 25.1 Å². The van der Waals surface area contributed by atoms with E-state index < -0.39 is 10.0 Å². The van der Waals surface area contributed by atoms with Crippen LogP contribution in [0.25, 0.3) is 0 Å². The Morgan fingerprint density at radius 1 is 1.07 bits per heavy atom. The molecule has 1 atom stereocenters. The second kappa shape index (κ2) is 8.42. The molecule has 0 aromatic heterocycles. The average molecular weight is 407 g/mol. The number of hydrogen-bond acceptors (Lipinski definition) is 3. The van der Waals surface area contributed by atoms with Crippen LogP contribution in [-0.2, 0) is 14.8 Å². The molecule has 5 nitrogen and oxygen atoms in total. The van der Waals surface area contributed by atoms with Gasteiger partial charge in [-0.3, -0.25) is 4.79 Å². The minimum Gasteiger partial charge on any atom is -0.349 e. The average Bonchev–Trinajstić information content (AvgIpc) is 2.69. The first-order chi connectivity index (χ1) is 12.9. The van der Waals surface area contributed by atoms with Crippen LogP contribution >= 0.6 is 11.6 Å². The fraction of sp³-hybridized carbons (Fsp3) is 0.350. The van der Waals surface area contributed by atoms with Gasteiger partial charge in [-0.05, 0) is 43.5 Å². The van der Waals surface area contributed by atoms with Crippen LogP contribution in [0, 0.1) is 5.92 Å². The largest absolute Gasteiger partial charge is 0.349 e. The maximum Gasteiger partial charge on any atom is 0.243 e. The van der Waals surface area contributed by atoms with Crippen molar-refractivity contribution in [2.75, 3.05) is 13.1 Å². The van der Waals surface area contributed by atoms with E-state index in [1.54, 1.807) is 36.4 Å². The van der Waals surface area contributed by atoms with Crippen molar-refractivity contribution < 1.29 is 13.2 Å². The van der Waals surface area contributed by atoms with Crippen LogP contribution in [0.3, 0.4) is 0 Å². The zero-order chi connectivity index (χ0) is 19.4. The van der Waals surface area contributed by atoms with E-state index >= 15 is 0 Å². The first-order valence-electron chi connectivity index (χ1n) is 8.99. The predicted octanol–water partition coefficient (Wildman–Crippen LogP) is 3.62. The number of nitrogens with zero attached hydrogens (tertiary/aromatic N) is 1. The summed E-state index contributed by atoms with van der Waals surface area (Å²) in [6, 6.07) is 15.6. The van der Waals surface area contributed by atoms with Crippen molar-refractivity contribution in [2.45, 2.75) is 30.7 Å². The topological polar surface area (TPSA) is 66.5 Å². The molecule has 1 aliphatic heterocycles. The van der Waals surface area contributed by atoms with Gasteiger partial charge >= 0.3 is 0 Å². The van der Waals surface area contributed by atoms with Gasteiger partial charge in [-0.2, -0.15) is 4.31 Å². The monoisotopic (exact) mass is 406 g/mol. The smallest absolute Gasteiger partial charge is 0.243 e. The van der Waals surface area contributed by atoms with Crippen LogP contribution in [0.1, 0.15) is 31.4 Å². The Balaban J connectivity index is 1.59. The first kappa shape index (κ1) is 19.9. The lowest BCUT2D eigenvalue weighted by Crippen LogP contribution is -2.43. The number of benzene rings is 2. The molecule has 7 heteroatoms. The SMILES string of the molecule is CC(NC(=O)C1CCN(S(=O)(=O)c2ccccc2)CC1)c1ccccc1Cl. The van der Waals surface area contributed by atoms with Crippen molar-refractivity contribution in [3.05, 3.63) is 65.2 Å². The third-order valence-corrected chi connectivity index (χ3v) is 7.19. The molecule has 1 saturated heterocycles. The van der Waals surface area contributed by atoms with Gasteiger partial charge in [0.2, 0.25) is 15.9 Å². The summed E-state index contributed by atoms with van der Waals surface area (Å²) in [4.78, 5) is 12.9. The van der Waals surface area contributed by atoms with Gasteiger partial charge in [0, 0.05) is 24.0 Å². The van der Waals surface area contributed by atoms with Crippen LogP contribution in [0.2, 0.25) is 5.02 Å². The number of carbonyl (C=O) groups excluding carboxylic acids is 1. The highest BCUT2D eigenvalue weighted by Crippen LogP contribution is 2.26. The molecule has 1 fully saturated rings. The molecule has 3 rings (SSSR count). The molecule has 2 aromatic rings. The van der Waals surface area contributed by atoms with E-state index in [1.165, 1.54) is 4.31 Å². The van der Waals surface area contributed by atoms with Crippen molar-refractivity contribution in [3.8, 4) is 0 Å². The summed E-state index contributed by atoms with van der Waals surface area (Å²) in [6.07, 6.45) is 1.01. The number of carbonyl (C=O) groups is 1. The number of hydrogen-bond donors (Lipinski definition) is 1. The first-order valence-corrected chi connectivity index (χ1v) is 10.8. The van der Waals surface area contributed by atoms with E-state index in [-0.39, 0.29) is 17.9 Å². The molecule has 0 saturated carbocycles. The Kier molecular flexibility index (Phi) is 6.19. The Hall–Kier alpha value is -1.89. The molecule has 1 unspecified atom stereocenters. The third kappa shape index (κ3) is 4.51. The summed E-state index contributed by atoms with van der Waals surface area (Å²) < 4.78 is 26.8. The molecular formula is C20H23ClN2O3S. The van der Waals surface area contributed by atoms with Crippen molar-refractivity contribution >= 4 is 27.5 Å². The zero-order valence-electron chi connectivity index (χ0n) is 15.1. The summed E-state index contributed by atoms with van der Waals surface area (Å²) in [5.74, 6) is -0.253. The zero-order valence-corrected chi connectivity index (χ0v) is 16.7. The molecule has 1 N–H and O–H groups in total. The van der Waals surface area contributed by atoms with Gasteiger partial charge in [0.25, 0.3) is 0 Å². The van der Waals surface area contributed by atoms with Crippen LogP contribution in [0.15, 0.2) is 59.5 Å². The van der Waals surface area contributed by atoms with E-state index in [4.69, 9.17) is 11.6 Å². The quantitative estimate of drug-likeness (QED) is 0.824. The van der Waals surface area contributed by atoms with Gasteiger partial charge in [0.1, 0.15) is 0 Å². The molecule has 2 aromatic carbocycles. The van der Waals surface area contributed by atoms with Gasteiger partial charge in [-0.1, -0.05) is 48.0 Å². The van der Waals surface area contributed by atoms with Crippen molar-refractivity contribution in [1.82, 2.24) is 9.62 Å². The van der Waals surface area contributed by atoms with E-state index in [0.29, 0.717) is 35.8 Å². The lowest BCUT2D eigenvalue weighted by molar-refractivity contribution is -0.126. The Bertz CT molecular complexity index is 894. The van der Waals surface area contributed by atoms with Crippen molar-refractivity contribution in [3.63, 3.8) is 0 Å². The van der Waals surface area contributed by atoms with E-state index in [9.17, 15) is 13.2 Å². The minimum absolute atomic E-state index is 0.0563. The summed E-state index contributed by atoms with van der Waals surface area (Å²) in [6.45, 7) is 2.58. The number of rotatable bonds is 5. The highest BCUT2D eigenvalue weighted by Gasteiger charge is 2.32. The fourth-order valence-corrected chi connectivity index (χ4v) is 5.13. The second-order valence-corrected chi connectivity index (χ2v) is 9.09. The van der Waals surface area contributed by atoms with E-state index in [2.05, 4.69) is 5.32 Å². The third-order valence-electron chi connectivity index (χ3n) is 4.94. The molecule has 27 heavy (non-hydrogen) atoms. The highest BCUT2D eigenvalue weighted by molar-refractivity contribution is 7.89. The molecule has 0 aliphatic carbocycles. The molecule has 0 bridgehead atoms. The van der Waals surface area contributed by atoms with Crippen molar-refractivity contribution in [2.24, 2.45) is 5.92 Å². The van der Waals surface area contributed by atoms with Crippen LogP contribution < -0.4 is 5.32 Å². The summed E-state index contributed by atoms with van der Waals surface area (Å²) in [5.41, 5.74) is 0.872. The second-order valence-electron chi connectivity index (χ2n) is 6.74. The summed E-state index contributed by atoms with van der Waals surface area (Å²) >= 11 is 6.19. The summed E-state index contributed by atoms with van der Waals surface area (Å²) in [7, 11) is -3.50. The molecule has 1 aliphatic rings. The minimum atomic E-state index is -3.50. The molecule has 144 valence electrons. The predicted molar refractivity (Wildman–Crippen MR) is 106 cm³/mol. The van der Waals surface area contributed by atoms with Gasteiger partial charge in [0.15, 0.2) is 0 Å². The lowest BCUT2D eigenvalue weighted by atomic mass is 9.96. The Morgan fingerprint density at radius 2 is 1.67 bits per heavy atom. The summed E-state index contributed by atoms with van der Waals surface area (Å²) in [5, 5.41) is 3.62. The number of nitrogens with one attached hydrogen (secondary N) is 1. The molecular weight excluding hydrogens is 384 g/mol. The van der Waals surface area contributed by atoms with E-state index in [0.717, 1.165) is 5.56 Å². The lowest BCUT2D eigenvalue weighted by Gasteiger charge is -2.31. The Labute approximate surface area is 165 Å². The molecule has 0 radical (unpaired) electrons. The van der Waals surface area contributed by atoms with Gasteiger partial charge < -0.3 is 5.32 Å². The van der Waals surface area contributed by atoms with Crippen molar-refractivity contribution in [1.29, 1.82) is 0 Å². The van der Waals surface area contributed by atoms with Crippen LogP contribution in [0.5, 0.6) is 0 Å². The maximum absolute atomic E-state index is 12.7. The fourth-order valence-electron chi connectivity index (χ4n) is 3.34. The van der Waals surface area contributed by atoms with Crippen LogP contribution in [-0.4, -0.2) is 31.7 Å². The number of sulfonamides is 1. The van der Waals surface area contributed by atoms with Gasteiger partial charge in [0.05, 0.1) is 10.9 Å². The number of piperidine rings is 1. The standard InChI is InChI=1S/C20H23ClN2O3S/c1-15(18-9-5-6-10-19(18)21)22-20(24)16-11-13-23(14-12-16)27(25,26)17-7-3-2-4-8-17/h2-10,15-16H,11-14H2,1H3,(H,22,24). The number of amides is 1. The normalized spacial score (nSPS) is 17.4. The van der Waals surface area contributed by atoms with Crippen LogP contribution in [0.4, 0.5) is 0 Å². The Morgan fingerprint density at radius 3 is 2.30 bits per heavy atom. The maximum atomic E-state index is 12.7. The molecule has 0 spiro atoms. The molecule has 1 heterocycles. The highest BCUT2D eigenvalue weighted by atomic mass is 35.5. The molecule has 1 amide bonds. The van der Waals surface area contributed by atoms with Gasteiger partial charge in [-0.15, -0.1) is 0 Å². The van der Waals surface area contributed by atoms with Gasteiger partial charge in [-0.25, -0.2) is 8.42 Å².